The van der Waals surface area contributed by atoms with Gasteiger partial charge in [-0.3, -0.25) is 0 Å². The molecule has 0 spiro atoms. The van der Waals surface area contributed by atoms with Crippen molar-refractivity contribution in [1.82, 2.24) is 0 Å². The molecule has 1 aromatic heterocycles. The lowest BCUT2D eigenvalue weighted by atomic mass is 10.1. The van der Waals surface area contributed by atoms with E-state index in [-0.39, 0.29) is 0 Å². The van der Waals surface area contributed by atoms with E-state index in [1.807, 2.05) is 23.6 Å². The number of benzene rings is 1. The Morgan fingerprint density at radius 2 is 2.23 bits per heavy atom. The van der Waals surface area contributed by atoms with E-state index in [0.29, 0.717) is 5.75 Å². The van der Waals surface area contributed by atoms with Gasteiger partial charge < -0.3 is 5.11 Å². The van der Waals surface area contributed by atoms with Crippen LogP contribution in [-0.2, 0) is 6.42 Å². The number of fused-ring (bicyclic) bond motifs is 1. The average molecular weight is 190 g/mol. The van der Waals surface area contributed by atoms with Gasteiger partial charge in [-0.15, -0.1) is 17.9 Å². The molecule has 0 fully saturated rings. The largest absolute Gasteiger partial charge is 0.507 e. The van der Waals surface area contributed by atoms with Gasteiger partial charge in [0.2, 0.25) is 0 Å². The van der Waals surface area contributed by atoms with Crippen LogP contribution in [0.2, 0.25) is 0 Å². The summed E-state index contributed by atoms with van der Waals surface area (Å²) in [5.74, 6) is 0.402. The molecule has 0 radical (unpaired) electrons. The second kappa shape index (κ2) is 3.23. The molecule has 66 valence electrons. The van der Waals surface area contributed by atoms with Gasteiger partial charge in [-0.25, -0.2) is 0 Å². The first-order valence-corrected chi connectivity index (χ1v) is 5.00. The zero-order chi connectivity index (χ0) is 9.26. The molecule has 0 amide bonds. The average Bonchev–Trinajstić information content (AvgIpc) is 2.58. The highest BCUT2D eigenvalue weighted by Gasteiger charge is 2.04. The first kappa shape index (κ1) is 8.32. The number of rotatable bonds is 2. The molecule has 2 aromatic rings. The van der Waals surface area contributed by atoms with Crippen molar-refractivity contribution in [2.24, 2.45) is 0 Å². The molecule has 0 aliphatic heterocycles. The van der Waals surface area contributed by atoms with E-state index in [4.69, 9.17) is 0 Å². The summed E-state index contributed by atoms with van der Waals surface area (Å²) in [7, 11) is 0. The normalized spacial score (nSPS) is 10.5. The second-order valence-electron chi connectivity index (χ2n) is 2.90. The fraction of sp³-hybridized carbons (Fsp3) is 0.0909. The maximum absolute atomic E-state index is 9.83. The number of thiophene rings is 1. The number of phenols is 1. The fourth-order valence-electron chi connectivity index (χ4n) is 1.39. The third-order valence-corrected chi connectivity index (χ3v) is 2.94. The number of aromatic hydroxyl groups is 1. The first-order chi connectivity index (χ1) is 6.33. The van der Waals surface area contributed by atoms with Crippen LogP contribution in [0.1, 0.15) is 5.56 Å². The van der Waals surface area contributed by atoms with Crippen molar-refractivity contribution in [1.29, 1.82) is 0 Å². The molecular formula is C11H10OS. The van der Waals surface area contributed by atoms with Crippen molar-refractivity contribution in [3.05, 3.63) is 41.8 Å². The smallest absolute Gasteiger partial charge is 0.127 e. The lowest BCUT2D eigenvalue weighted by Crippen LogP contribution is -1.81. The van der Waals surface area contributed by atoms with Crippen LogP contribution in [0, 0.1) is 0 Å². The van der Waals surface area contributed by atoms with Gasteiger partial charge in [0.05, 0.1) is 0 Å². The minimum atomic E-state index is 0.402. The molecule has 0 aliphatic rings. The van der Waals surface area contributed by atoms with E-state index in [1.54, 1.807) is 17.4 Å². The van der Waals surface area contributed by atoms with Crippen molar-refractivity contribution in [3.8, 4) is 5.75 Å². The van der Waals surface area contributed by atoms with Gasteiger partial charge in [0.1, 0.15) is 5.75 Å². The second-order valence-corrected chi connectivity index (χ2v) is 3.85. The molecule has 1 aromatic carbocycles. The first-order valence-electron chi connectivity index (χ1n) is 4.12. The number of phenolic OH excluding ortho intramolecular Hbond substituents is 1. The van der Waals surface area contributed by atoms with Crippen LogP contribution in [0.5, 0.6) is 5.75 Å². The van der Waals surface area contributed by atoms with Crippen LogP contribution >= 0.6 is 11.3 Å². The standard InChI is InChI=1S/C11H10OS/c1-2-3-8-4-5-10-9(11(8)12)6-7-13-10/h2,4-7,12H,1,3H2. The zero-order valence-corrected chi connectivity index (χ0v) is 7.97. The lowest BCUT2D eigenvalue weighted by molar-refractivity contribution is 0.476. The number of hydrogen-bond acceptors (Lipinski definition) is 2. The van der Waals surface area contributed by atoms with Gasteiger partial charge in [-0.1, -0.05) is 12.1 Å². The molecule has 0 unspecified atom stereocenters. The number of allylic oxidation sites excluding steroid dienone is 1. The minimum absolute atomic E-state index is 0.402. The summed E-state index contributed by atoms with van der Waals surface area (Å²) < 4.78 is 1.13. The van der Waals surface area contributed by atoms with E-state index >= 15 is 0 Å². The molecule has 2 rings (SSSR count). The number of hydrogen-bond donors (Lipinski definition) is 1. The Kier molecular flexibility index (Phi) is 2.07. The van der Waals surface area contributed by atoms with Crippen LogP contribution < -0.4 is 0 Å². The molecule has 1 N–H and O–H groups in total. The molecule has 0 saturated carbocycles. The Morgan fingerprint density at radius 1 is 1.38 bits per heavy atom. The Balaban J connectivity index is 2.65. The van der Waals surface area contributed by atoms with Crippen molar-refractivity contribution in [3.63, 3.8) is 0 Å². The monoisotopic (exact) mass is 190 g/mol. The summed E-state index contributed by atoms with van der Waals surface area (Å²) in [4.78, 5) is 0. The highest BCUT2D eigenvalue weighted by atomic mass is 32.1. The van der Waals surface area contributed by atoms with Crippen LogP contribution in [0.15, 0.2) is 36.2 Å². The van der Waals surface area contributed by atoms with Gasteiger partial charge in [0.15, 0.2) is 0 Å². The highest BCUT2D eigenvalue weighted by Crippen LogP contribution is 2.32. The fourth-order valence-corrected chi connectivity index (χ4v) is 2.18. The van der Waals surface area contributed by atoms with Gasteiger partial charge >= 0.3 is 0 Å². The highest BCUT2D eigenvalue weighted by molar-refractivity contribution is 7.17. The molecule has 0 atom stereocenters. The maximum atomic E-state index is 9.83. The molecule has 13 heavy (non-hydrogen) atoms. The lowest BCUT2D eigenvalue weighted by Gasteiger charge is -2.01. The van der Waals surface area contributed by atoms with Crippen molar-refractivity contribution in [2.75, 3.05) is 0 Å². The van der Waals surface area contributed by atoms with Crippen LogP contribution in [0.25, 0.3) is 10.1 Å². The van der Waals surface area contributed by atoms with Crippen molar-refractivity contribution >= 4 is 21.4 Å². The molecule has 0 aliphatic carbocycles. The Labute approximate surface area is 81.0 Å². The molecule has 1 heterocycles. The summed E-state index contributed by atoms with van der Waals surface area (Å²) in [6.45, 7) is 3.66. The summed E-state index contributed by atoms with van der Waals surface area (Å²) >= 11 is 1.64. The quantitative estimate of drug-likeness (QED) is 0.720. The molecule has 0 saturated heterocycles. The predicted octanol–water partition coefficient (Wildman–Crippen LogP) is 3.34. The van der Waals surface area contributed by atoms with Crippen LogP contribution in [-0.4, -0.2) is 5.11 Å². The summed E-state index contributed by atoms with van der Waals surface area (Å²) in [6, 6.07) is 5.94. The Hall–Kier alpha value is -1.28. The van der Waals surface area contributed by atoms with Crippen LogP contribution in [0.4, 0.5) is 0 Å². The van der Waals surface area contributed by atoms with E-state index in [2.05, 4.69) is 6.58 Å². The predicted molar refractivity (Wildman–Crippen MR) is 57.4 cm³/mol. The van der Waals surface area contributed by atoms with E-state index < -0.39 is 0 Å². The van der Waals surface area contributed by atoms with Crippen molar-refractivity contribution in [2.45, 2.75) is 6.42 Å². The molecular weight excluding hydrogens is 180 g/mol. The van der Waals surface area contributed by atoms with Gasteiger partial charge in [0.25, 0.3) is 0 Å². The van der Waals surface area contributed by atoms with Gasteiger partial charge in [-0.2, -0.15) is 0 Å². The maximum Gasteiger partial charge on any atom is 0.127 e. The van der Waals surface area contributed by atoms with E-state index in [1.165, 1.54) is 0 Å². The SMILES string of the molecule is C=CCc1ccc2sccc2c1O. The summed E-state index contributed by atoms with van der Waals surface area (Å²) in [6.07, 6.45) is 2.52. The Bertz CT molecular complexity index is 442. The minimum Gasteiger partial charge on any atom is -0.507 e. The zero-order valence-electron chi connectivity index (χ0n) is 7.16. The topological polar surface area (TPSA) is 20.2 Å². The Morgan fingerprint density at radius 3 is 3.00 bits per heavy atom. The molecule has 2 heteroatoms. The van der Waals surface area contributed by atoms with Gasteiger partial charge in [0, 0.05) is 10.1 Å². The third kappa shape index (κ3) is 1.33. The van der Waals surface area contributed by atoms with Crippen LogP contribution in [0.3, 0.4) is 0 Å². The van der Waals surface area contributed by atoms with Crippen molar-refractivity contribution < 1.29 is 5.11 Å². The summed E-state index contributed by atoms with van der Waals surface area (Å²) in [5.41, 5.74) is 0.945. The van der Waals surface area contributed by atoms with Gasteiger partial charge in [-0.05, 0) is 29.5 Å². The molecule has 1 nitrogen and oxygen atoms in total. The third-order valence-electron chi connectivity index (χ3n) is 2.05. The van der Waals surface area contributed by atoms with E-state index in [9.17, 15) is 5.11 Å². The molecule has 0 bridgehead atoms. The van der Waals surface area contributed by atoms with E-state index in [0.717, 1.165) is 22.1 Å². The summed E-state index contributed by atoms with van der Waals surface area (Å²) in [5, 5.41) is 12.8.